The average Bonchev–Trinajstić information content (AvgIpc) is 2.82. The molecule has 0 amide bonds. The Morgan fingerprint density at radius 3 is 2.85 bits per heavy atom. The standard InChI is InChI=1S/C17H25N3/c1-12(2)17-10-18-14(11-20(17)3)8-13-9-19-16-7-5-4-6-15(13)16/h4-7,9,12,14,17-19H,8,10-11H2,1-3H3/p+1/t14-,17+/m0/s1. The van der Waals surface area contributed by atoms with Crippen molar-refractivity contribution in [3.8, 4) is 0 Å². The van der Waals surface area contributed by atoms with Gasteiger partial charge in [0.15, 0.2) is 0 Å². The number of nitrogens with one attached hydrogen (secondary N) is 3. The van der Waals surface area contributed by atoms with Crippen molar-refractivity contribution < 1.29 is 4.90 Å². The van der Waals surface area contributed by atoms with E-state index < -0.39 is 0 Å². The molecule has 2 aromatic rings. The summed E-state index contributed by atoms with van der Waals surface area (Å²) in [7, 11) is 2.34. The third-order valence-electron chi connectivity index (χ3n) is 4.77. The normalized spacial score (nSPS) is 27.3. The van der Waals surface area contributed by atoms with Crippen LogP contribution in [0.15, 0.2) is 30.5 Å². The van der Waals surface area contributed by atoms with Crippen molar-refractivity contribution in [1.29, 1.82) is 0 Å². The molecular formula is C17H26N3+. The number of benzene rings is 1. The molecule has 0 spiro atoms. The molecule has 1 fully saturated rings. The molecule has 108 valence electrons. The summed E-state index contributed by atoms with van der Waals surface area (Å²) in [6.45, 7) is 7.00. The lowest BCUT2D eigenvalue weighted by Crippen LogP contribution is -3.17. The van der Waals surface area contributed by atoms with E-state index in [9.17, 15) is 0 Å². The fourth-order valence-corrected chi connectivity index (χ4v) is 3.60. The van der Waals surface area contributed by atoms with Crippen LogP contribution in [0.2, 0.25) is 0 Å². The number of H-pyrrole nitrogens is 1. The van der Waals surface area contributed by atoms with Gasteiger partial charge in [-0.05, 0) is 18.1 Å². The van der Waals surface area contributed by atoms with E-state index in [0.717, 1.165) is 24.9 Å². The summed E-state index contributed by atoms with van der Waals surface area (Å²) >= 11 is 0. The molecule has 1 saturated heterocycles. The fourth-order valence-electron chi connectivity index (χ4n) is 3.60. The van der Waals surface area contributed by atoms with Gasteiger partial charge in [-0.25, -0.2) is 0 Å². The minimum absolute atomic E-state index is 0.587. The number of aromatic nitrogens is 1. The summed E-state index contributed by atoms with van der Waals surface area (Å²) in [4.78, 5) is 5.05. The molecule has 3 N–H and O–H groups in total. The molecule has 1 aromatic heterocycles. The number of piperazine rings is 1. The highest BCUT2D eigenvalue weighted by molar-refractivity contribution is 5.83. The molecule has 0 saturated carbocycles. The number of hydrogen-bond donors (Lipinski definition) is 3. The average molecular weight is 272 g/mol. The molecule has 1 unspecified atom stereocenters. The Bertz CT molecular complexity index is 572. The van der Waals surface area contributed by atoms with E-state index in [1.54, 1.807) is 4.90 Å². The lowest BCUT2D eigenvalue weighted by molar-refractivity contribution is -0.914. The summed E-state index contributed by atoms with van der Waals surface area (Å²) in [5.41, 5.74) is 2.69. The van der Waals surface area contributed by atoms with Crippen LogP contribution in [-0.4, -0.2) is 37.2 Å². The van der Waals surface area contributed by atoms with Gasteiger partial charge in [-0.15, -0.1) is 0 Å². The first kappa shape index (κ1) is 13.7. The predicted molar refractivity (Wildman–Crippen MR) is 84.2 cm³/mol. The highest BCUT2D eigenvalue weighted by Gasteiger charge is 2.30. The minimum atomic E-state index is 0.587. The number of aromatic amines is 1. The van der Waals surface area contributed by atoms with Gasteiger partial charge >= 0.3 is 0 Å². The Labute approximate surface area is 121 Å². The maximum absolute atomic E-state index is 3.75. The number of fused-ring (bicyclic) bond motifs is 1. The molecule has 3 rings (SSSR count). The van der Waals surface area contributed by atoms with E-state index in [4.69, 9.17) is 0 Å². The number of likely N-dealkylation sites (N-methyl/N-ethyl adjacent to an activating group) is 1. The maximum atomic E-state index is 3.75. The maximum Gasteiger partial charge on any atom is 0.102 e. The molecule has 0 bridgehead atoms. The van der Waals surface area contributed by atoms with Crippen molar-refractivity contribution in [2.75, 3.05) is 20.1 Å². The fraction of sp³-hybridized carbons (Fsp3) is 0.529. The van der Waals surface area contributed by atoms with E-state index >= 15 is 0 Å². The summed E-state index contributed by atoms with van der Waals surface area (Å²) in [6, 6.07) is 9.92. The van der Waals surface area contributed by atoms with Crippen LogP contribution in [-0.2, 0) is 6.42 Å². The van der Waals surface area contributed by atoms with Gasteiger partial charge in [-0.1, -0.05) is 32.0 Å². The van der Waals surface area contributed by atoms with E-state index in [1.165, 1.54) is 23.0 Å². The van der Waals surface area contributed by atoms with E-state index in [-0.39, 0.29) is 0 Å². The summed E-state index contributed by atoms with van der Waals surface area (Å²) < 4.78 is 0. The zero-order chi connectivity index (χ0) is 14.1. The smallest absolute Gasteiger partial charge is 0.102 e. The van der Waals surface area contributed by atoms with Gasteiger partial charge in [0.2, 0.25) is 0 Å². The van der Waals surface area contributed by atoms with Gasteiger partial charge in [0.25, 0.3) is 0 Å². The quantitative estimate of drug-likeness (QED) is 0.771. The lowest BCUT2D eigenvalue weighted by atomic mass is 9.96. The molecule has 3 heteroatoms. The largest absolute Gasteiger partial charge is 0.361 e. The van der Waals surface area contributed by atoms with Crippen molar-refractivity contribution in [3.63, 3.8) is 0 Å². The van der Waals surface area contributed by atoms with Crippen LogP contribution < -0.4 is 10.2 Å². The molecule has 3 nitrogen and oxygen atoms in total. The van der Waals surface area contributed by atoms with Crippen LogP contribution in [0.5, 0.6) is 0 Å². The second-order valence-electron chi connectivity index (χ2n) is 6.57. The van der Waals surface area contributed by atoms with E-state index in [2.05, 4.69) is 61.7 Å². The first-order valence-corrected chi connectivity index (χ1v) is 7.76. The van der Waals surface area contributed by atoms with Crippen molar-refractivity contribution in [2.45, 2.75) is 32.4 Å². The zero-order valence-corrected chi connectivity index (χ0v) is 12.7. The third-order valence-corrected chi connectivity index (χ3v) is 4.77. The first-order chi connectivity index (χ1) is 9.65. The van der Waals surface area contributed by atoms with Gasteiger partial charge in [0.1, 0.15) is 6.04 Å². The van der Waals surface area contributed by atoms with E-state index in [0.29, 0.717) is 6.04 Å². The van der Waals surface area contributed by atoms with Gasteiger partial charge < -0.3 is 15.2 Å². The molecule has 1 aliphatic heterocycles. The van der Waals surface area contributed by atoms with Crippen molar-refractivity contribution in [1.82, 2.24) is 10.3 Å². The Morgan fingerprint density at radius 1 is 1.30 bits per heavy atom. The van der Waals surface area contributed by atoms with Gasteiger partial charge in [0.05, 0.1) is 19.6 Å². The zero-order valence-electron chi connectivity index (χ0n) is 12.7. The molecule has 0 aliphatic carbocycles. The first-order valence-electron chi connectivity index (χ1n) is 7.76. The molecule has 0 radical (unpaired) electrons. The van der Waals surface area contributed by atoms with Crippen LogP contribution in [0, 0.1) is 5.92 Å². The Kier molecular flexibility index (Phi) is 3.81. The number of hydrogen-bond acceptors (Lipinski definition) is 1. The van der Waals surface area contributed by atoms with Crippen molar-refractivity contribution in [2.24, 2.45) is 5.92 Å². The molecule has 20 heavy (non-hydrogen) atoms. The summed E-state index contributed by atoms with van der Waals surface area (Å²) in [5.74, 6) is 0.747. The lowest BCUT2D eigenvalue weighted by Gasteiger charge is -2.37. The van der Waals surface area contributed by atoms with Gasteiger partial charge in [0, 0.05) is 29.6 Å². The van der Waals surface area contributed by atoms with Crippen molar-refractivity contribution >= 4 is 10.9 Å². The summed E-state index contributed by atoms with van der Waals surface area (Å²) in [5, 5.41) is 5.12. The highest BCUT2D eigenvalue weighted by Crippen LogP contribution is 2.19. The molecule has 1 aromatic carbocycles. The van der Waals surface area contributed by atoms with Crippen LogP contribution in [0.3, 0.4) is 0 Å². The molecular weight excluding hydrogens is 246 g/mol. The van der Waals surface area contributed by atoms with Crippen LogP contribution in [0.25, 0.3) is 10.9 Å². The van der Waals surface area contributed by atoms with Gasteiger partial charge in [-0.3, -0.25) is 0 Å². The number of rotatable bonds is 3. The van der Waals surface area contributed by atoms with Gasteiger partial charge in [-0.2, -0.15) is 0 Å². The monoisotopic (exact) mass is 272 g/mol. The minimum Gasteiger partial charge on any atom is -0.361 e. The highest BCUT2D eigenvalue weighted by atomic mass is 15.2. The Morgan fingerprint density at radius 2 is 2.10 bits per heavy atom. The number of quaternary nitrogens is 1. The van der Waals surface area contributed by atoms with E-state index in [1.807, 2.05) is 0 Å². The second-order valence-corrected chi connectivity index (χ2v) is 6.57. The third kappa shape index (κ3) is 2.60. The summed E-state index contributed by atoms with van der Waals surface area (Å²) in [6.07, 6.45) is 3.29. The van der Waals surface area contributed by atoms with Crippen LogP contribution in [0.4, 0.5) is 0 Å². The second kappa shape index (κ2) is 5.58. The molecule has 1 aliphatic rings. The molecule has 2 heterocycles. The SMILES string of the molecule is CC(C)[C@H]1CN[C@@H](Cc2c[nH]c3ccccc23)C[NH+]1C. The number of para-hydroxylation sites is 1. The Hall–Kier alpha value is -1.32. The van der Waals surface area contributed by atoms with Crippen molar-refractivity contribution in [3.05, 3.63) is 36.0 Å². The Balaban J connectivity index is 1.70. The van der Waals surface area contributed by atoms with Crippen LogP contribution in [0.1, 0.15) is 19.4 Å². The predicted octanol–water partition coefficient (Wildman–Crippen LogP) is 1.22. The topological polar surface area (TPSA) is 32.3 Å². The molecule has 3 atom stereocenters. The van der Waals surface area contributed by atoms with Crippen LogP contribution >= 0.6 is 0 Å².